The molecule has 0 amide bonds. The van der Waals surface area contributed by atoms with Crippen molar-refractivity contribution in [3.63, 3.8) is 0 Å². The quantitative estimate of drug-likeness (QED) is 0.902. The van der Waals surface area contributed by atoms with Gasteiger partial charge in [0.2, 0.25) is 0 Å². The molecule has 0 fully saturated rings. The van der Waals surface area contributed by atoms with Crippen molar-refractivity contribution < 1.29 is 13.2 Å². The van der Waals surface area contributed by atoms with Crippen LogP contribution in [0.5, 0.6) is 5.75 Å². The van der Waals surface area contributed by atoms with E-state index in [4.69, 9.17) is 16.3 Å². The molecule has 4 nitrogen and oxygen atoms in total. The largest absolute Gasteiger partial charge is 0.495 e. The SMILES string of the molecule is CNC(c1ccc(OC)c(Cl)c1)C(C)S(C)(=O)=O. The summed E-state index contributed by atoms with van der Waals surface area (Å²) in [6.07, 6.45) is 1.23. The zero-order chi connectivity index (χ0) is 13.9. The molecule has 0 aliphatic carbocycles. The first-order chi connectivity index (χ1) is 8.31. The van der Waals surface area contributed by atoms with Crippen LogP contribution in [-0.4, -0.2) is 34.1 Å². The highest BCUT2D eigenvalue weighted by molar-refractivity contribution is 7.91. The topological polar surface area (TPSA) is 55.4 Å². The highest BCUT2D eigenvalue weighted by atomic mass is 35.5. The van der Waals surface area contributed by atoms with Gasteiger partial charge in [-0.15, -0.1) is 0 Å². The first-order valence-corrected chi connectivity index (χ1v) is 7.84. The van der Waals surface area contributed by atoms with E-state index in [9.17, 15) is 8.42 Å². The summed E-state index contributed by atoms with van der Waals surface area (Å²) >= 11 is 6.05. The van der Waals surface area contributed by atoms with E-state index < -0.39 is 15.1 Å². The van der Waals surface area contributed by atoms with Crippen molar-refractivity contribution in [3.8, 4) is 5.75 Å². The van der Waals surface area contributed by atoms with Crippen molar-refractivity contribution in [1.29, 1.82) is 0 Å². The Hall–Kier alpha value is -0.780. The number of hydrogen-bond acceptors (Lipinski definition) is 4. The molecular formula is C12H18ClNO3S. The summed E-state index contributed by atoms with van der Waals surface area (Å²) < 4.78 is 28.3. The second kappa shape index (κ2) is 5.91. The Labute approximate surface area is 113 Å². The van der Waals surface area contributed by atoms with E-state index in [-0.39, 0.29) is 6.04 Å². The van der Waals surface area contributed by atoms with Crippen molar-refractivity contribution >= 4 is 21.4 Å². The normalized spacial score (nSPS) is 15.2. The van der Waals surface area contributed by atoms with Crippen LogP contribution in [0, 0.1) is 0 Å². The maximum Gasteiger partial charge on any atom is 0.151 e. The smallest absolute Gasteiger partial charge is 0.151 e. The molecule has 1 aromatic rings. The summed E-state index contributed by atoms with van der Waals surface area (Å²) in [5.74, 6) is 0.572. The third-order valence-electron chi connectivity index (χ3n) is 2.99. The van der Waals surface area contributed by atoms with Gasteiger partial charge in [-0.1, -0.05) is 17.7 Å². The number of benzene rings is 1. The molecule has 0 heterocycles. The number of ether oxygens (including phenoxy) is 1. The molecule has 0 saturated heterocycles. The minimum atomic E-state index is -3.13. The Balaban J connectivity index is 3.14. The second-order valence-corrected chi connectivity index (χ2v) is 7.00. The molecular weight excluding hydrogens is 274 g/mol. The van der Waals surface area contributed by atoms with Crippen LogP contribution in [0.3, 0.4) is 0 Å². The fourth-order valence-corrected chi connectivity index (χ4v) is 2.85. The van der Waals surface area contributed by atoms with Crippen molar-refractivity contribution in [2.75, 3.05) is 20.4 Å². The van der Waals surface area contributed by atoms with Gasteiger partial charge < -0.3 is 10.1 Å². The number of nitrogens with one attached hydrogen (secondary N) is 1. The van der Waals surface area contributed by atoms with E-state index in [1.165, 1.54) is 13.4 Å². The van der Waals surface area contributed by atoms with Crippen LogP contribution in [0.15, 0.2) is 18.2 Å². The van der Waals surface area contributed by atoms with Crippen molar-refractivity contribution in [1.82, 2.24) is 5.32 Å². The molecule has 0 radical (unpaired) electrons. The third kappa shape index (κ3) is 3.37. The highest BCUT2D eigenvalue weighted by Gasteiger charge is 2.26. The summed E-state index contributed by atoms with van der Waals surface area (Å²) in [6, 6.07) is 4.97. The zero-order valence-corrected chi connectivity index (χ0v) is 12.5. The van der Waals surface area contributed by atoms with Crippen LogP contribution < -0.4 is 10.1 Å². The van der Waals surface area contributed by atoms with Crippen molar-refractivity contribution in [2.24, 2.45) is 0 Å². The van der Waals surface area contributed by atoms with Crippen LogP contribution >= 0.6 is 11.6 Å². The van der Waals surface area contributed by atoms with Crippen molar-refractivity contribution in [3.05, 3.63) is 28.8 Å². The number of halogens is 1. The summed E-state index contributed by atoms with van der Waals surface area (Å²) in [6.45, 7) is 1.68. The molecule has 18 heavy (non-hydrogen) atoms. The van der Waals surface area contributed by atoms with E-state index in [0.29, 0.717) is 10.8 Å². The minimum absolute atomic E-state index is 0.302. The fourth-order valence-electron chi connectivity index (χ4n) is 1.80. The number of hydrogen-bond donors (Lipinski definition) is 1. The molecule has 2 unspecified atom stereocenters. The second-order valence-electron chi connectivity index (χ2n) is 4.19. The van der Waals surface area contributed by atoms with Gasteiger partial charge in [-0.05, 0) is 31.7 Å². The first-order valence-electron chi connectivity index (χ1n) is 5.50. The maximum atomic E-state index is 11.6. The molecule has 0 saturated carbocycles. The molecule has 1 N–H and O–H groups in total. The summed E-state index contributed by atoms with van der Waals surface area (Å²) in [4.78, 5) is 0. The Morgan fingerprint density at radius 3 is 2.39 bits per heavy atom. The predicted molar refractivity (Wildman–Crippen MR) is 74.1 cm³/mol. The van der Waals surface area contributed by atoms with E-state index >= 15 is 0 Å². The fraction of sp³-hybridized carbons (Fsp3) is 0.500. The Morgan fingerprint density at radius 2 is 2.00 bits per heavy atom. The van der Waals surface area contributed by atoms with Crippen molar-refractivity contribution in [2.45, 2.75) is 18.2 Å². The van der Waals surface area contributed by atoms with E-state index in [1.807, 2.05) is 6.07 Å². The van der Waals surface area contributed by atoms with Gasteiger partial charge in [0.15, 0.2) is 9.84 Å². The summed E-state index contributed by atoms with van der Waals surface area (Å²) in [5, 5.41) is 2.94. The Morgan fingerprint density at radius 1 is 1.39 bits per heavy atom. The molecule has 0 spiro atoms. The standard InChI is InChI=1S/C12H18ClNO3S/c1-8(18(4,15)16)12(14-2)9-5-6-11(17-3)10(13)7-9/h5-8,12,14H,1-4H3. The Bertz CT molecular complexity index is 516. The van der Waals surface area contributed by atoms with Gasteiger partial charge in [-0.2, -0.15) is 0 Å². The average molecular weight is 292 g/mol. The van der Waals surface area contributed by atoms with Gasteiger partial charge in [0, 0.05) is 12.3 Å². The summed E-state index contributed by atoms with van der Waals surface area (Å²) in [7, 11) is 0.136. The predicted octanol–water partition coefficient (Wildman–Crippen LogP) is 2.04. The van der Waals surface area contributed by atoms with Gasteiger partial charge in [0.05, 0.1) is 17.4 Å². The lowest BCUT2D eigenvalue weighted by Gasteiger charge is -2.23. The molecule has 6 heteroatoms. The van der Waals surface area contributed by atoms with Gasteiger partial charge >= 0.3 is 0 Å². The number of methoxy groups -OCH3 is 1. The highest BCUT2D eigenvalue weighted by Crippen LogP contribution is 2.29. The van der Waals surface area contributed by atoms with E-state index in [2.05, 4.69) is 5.32 Å². The minimum Gasteiger partial charge on any atom is -0.495 e. The molecule has 0 aliphatic rings. The molecule has 1 rings (SSSR count). The lowest BCUT2D eigenvalue weighted by Crippen LogP contribution is -2.32. The van der Waals surface area contributed by atoms with Gasteiger partial charge in [-0.25, -0.2) is 8.42 Å². The van der Waals surface area contributed by atoms with Crippen LogP contribution in [0.4, 0.5) is 0 Å². The molecule has 1 aromatic carbocycles. The van der Waals surface area contributed by atoms with Gasteiger partial charge in [0.25, 0.3) is 0 Å². The van der Waals surface area contributed by atoms with Gasteiger partial charge in [0.1, 0.15) is 5.75 Å². The summed E-state index contributed by atoms with van der Waals surface area (Å²) in [5.41, 5.74) is 0.821. The lowest BCUT2D eigenvalue weighted by molar-refractivity contribution is 0.414. The van der Waals surface area contributed by atoms with Crippen LogP contribution in [-0.2, 0) is 9.84 Å². The van der Waals surface area contributed by atoms with Crippen LogP contribution in [0.2, 0.25) is 5.02 Å². The monoisotopic (exact) mass is 291 g/mol. The van der Waals surface area contributed by atoms with Crippen LogP contribution in [0.25, 0.3) is 0 Å². The van der Waals surface area contributed by atoms with Gasteiger partial charge in [-0.3, -0.25) is 0 Å². The first kappa shape index (κ1) is 15.3. The third-order valence-corrected chi connectivity index (χ3v) is 4.91. The zero-order valence-electron chi connectivity index (χ0n) is 10.9. The molecule has 2 atom stereocenters. The molecule has 102 valence electrons. The molecule has 0 aliphatic heterocycles. The maximum absolute atomic E-state index is 11.6. The lowest BCUT2D eigenvalue weighted by atomic mass is 10.0. The molecule has 0 aromatic heterocycles. The number of sulfone groups is 1. The number of rotatable bonds is 5. The van der Waals surface area contributed by atoms with E-state index in [0.717, 1.165) is 5.56 Å². The van der Waals surface area contributed by atoms with Crippen LogP contribution in [0.1, 0.15) is 18.5 Å². The Kier molecular flexibility index (Phi) is 5.01. The average Bonchev–Trinajstić information content (AvgIpc) is 2.29. The van der Waals surface area contributed by atoms with E-state index in [1.54, 1.807) is 26.1 Å². The molecule has 0 bridgehead atoms.